The van der Waals surface area contributed by atoms with Crippen molar-refractivity contribution < 1.29 is 23.1 Å². The van der Waals surface area contributed by atoms with Crippen LogP contribution in [0.4, 0.5) is 11.4 Å². The highest BCUT2D eigenvalue weighted by Gasteiger charge is 2.35. The van der Waals surface area contributed by atoms with Crippen molar-refractivity contribution >= 4 is 27.3 Å². The zero-order valence-corrected chi connectivity index (χ0v) is 27.8. The molecular formula is C36H48N4O5S. The molecule has 0 bridgehead atoms. The highest BCUT2D eigenvalue weighted by Crippen LogP contribution is 2.38. The van der Waals surface area contributed by atoms with E-state index in [1.807, 2.05) is 49.4 Å². The largest absolute Gasteiger partial charge is 0.497 e. The first-order chi connectivity index (χ1) is 22.2. The van der Waals surface area contributed by atoms with Gasteiger partial charge in [0.2, 0.25) is 10.0 Å². The first-order valence-corrected chi connectivity index (χ1v) is 18.2. The third kappa shape index (κ3) is 8.21. The van der Waals surface area contributed by atoms with Gasteiger partial charge in [0.25, 0.3) is 5.91 Å². The van der Waals surface area contributed by atoms with Gasteiger partial charge in [-0.1, -0.05) is 61.7 Å². The second kappa shape index (κ2) is 15.3. The number of nitrogens with one attached hydrogen (secondary N) is 3. The monoisotopic (exact) mass is 648 g/mol. The number of carbonyl (C=O) groups is 1. The van der Waals surface area contributed by atoms with Crippen LogP contribution in [0.3, 0.4) is 0 Å². The van der Waals surface area contributed by atoms with Gasteiger partial charge in [-0.05, 0) is 80.5 Å². The van der Waals surface area contributed by atoms with Crippen LogP contribution < -0.4 is 25.0 Å². The molecule has 0 aromatic heterocycles. The fourth-order valence-electron chi connectivity index (χ4n) is 6.76. The number of hydrogen-bond acceptors (Lipinski definition) is 7. The van der Waals surface area contributed by atoms with Gasteiger partial charge in [-0.15, -0.1) is 0 Å². The van der Waals surface area contributed by atoms with Gasteiger partial charge in [0, 0.05) is 36.4 Å². The van der Waals surface area contributed by atoms with Crippen LogP contribution in [0, 0.1) is 0 Å². The Kier molecular flexibility index (Phi) is 11.2. The number of nitrogens with zero attached hydrogens (tertiary/aromatic N) is 1. The third-order valence-corrected chi connectivity index (χ3v) is 11.1. The second-order valence-corrected chi connectivity index (χ2v) is 14.5. The lowest BCUT2D eigenvalue weighted by Gasteiger charge is -2.40. The average Bonchev–Trinajstić information content (AvgIpc) is 3.07. The minimum Gasteiger partial charge on any atom is -0.497 e. The van der Waals surface area contributed by atoms with Gasteiger partial charge in [0.15, 0.2) is 0 Å². The Labute approximate surface area is 273 Å². The summed E-state index contributed by atoms with van der Waals surface area (Å²) in [5.41, 5.74) is 3.32. The van der Waals surface area contributed by atoms with E-state index in [0.717, 1.165) is 49.0 Å². The minimum absolute atomic E-state index is 0.0928. The molecular weight excluding hydrogens is 600 g/mol. The summed E-state index contributed by atoms with van der Waals surface area (Å²) in [5.74, 6) is 0.529. The molecule has 1 heterocycles. The fraction of sp³-hybridized carbons (Fsp3) is 0.472. The zero-order chi connectivity index (χ0) is 32.6. The van der Waals surface area contributed by atoms with Crippen LogP contribution in [0.2, 0.25) is 0 Å². The lowest BCUT2D eigenvalue weighted by Crippen LogP contribution is -2.53. The molecule has 10 heteroatoms. The number of aliphatic hydroxyl groups excluding tert-OH is 1. The molecule has 1 aliphatic heterocycles. The number of benzene rings is 3. The Morgan fingerprint density at radius 2 is 1.76 bits per heavy atom. The van der Waals surface area contributed by atoms with E-state index in [1.54, 1.807) is 25.3 Å². The maximum absolute atomic E-state index is 13.9. The Morgan fingerprint density at radius 3 is 2.48 bits per heavy atom. The van der Waals surface area contributed by atoms with Crippen LogP contribution in [0.15, 0.2) is 72.8 Å². The number of rotatable bonds is 13. The SMILES string of the molecule is CCNc1cc(C(=O)N[C@@H](Cc2ccccc2)[C@H](O)CNC2(c3cccc(OC)c3)CCCCC2)cc(N2CCCCS2(=O)=O)c1. The molecule has 1 amide bonds. The molecule has 0 unspecified atom stereocenters. The van der Waals surface area contributed by atoms with E-state index in [-0.39, 0.29) is 23.7 Å². The first kappa shape index (κ1) is 33.8. The Bertz CT molecular complexity index is 1560. The molecule has 2 atom stereocenters. The zero-order valence-electron chi connectivity index (χ0n) is 27.0. The van der Waals surface area contributed by atoms with E-state index in [4.69, 9.17) is 4.74 Å². The van der Waals surface area contributed by atoms with Crippen LogP contribution in [-0.2, 0) is 22.0 Å². The van der Waals surface area contributed by atoms with Crippen molar-refractivity contribution in [1.82, 2.24) is 10.6 Å². The maximum Gasteiger partial charge on any atom is 0.251 e. The number of anilines is 2. The van der Waals surface area contributed by atoms with Crippen LogP contribution >= 0.6 is 0 Å². The Balaban J connectivity index is 1.40. The van der Waals surface area contributed by atoms with Crippen LogP contribution in [0.5, 0.6) is 5.75 Å². The molecule has 46 heavy (non-hydrogen) atoms. The van der Waals surface area contributed by atoms with E-state index in [0.29, 0.717) is 42.9 Å². The number of sulfonamides is 1. The van der Waals surface area contributed by atoms with Crippen LogP contribution in [0.25, 0.3) is 0 Å². The molecule has 248 valence electrons. The van der Waals surface area contributed by atoms with Crippen molar-refractivity contribution in [3.63, 3.8) is 0 Å². The number of amides is 1. The summed E-state index contributed by atoms with van der Waals surface area (Å²) in [5, 5.41) is 21.8. The predicted octanol–water partition coefficient (Wildman–Crippen LogP) is 5.21. The summed E-state index contributed by atoms with van der Waals surface area (Å²) in [6.45, 7) is 3.24. The van der Waals surface area contributed by atoms with Crippen LogP contribution in [0.1, 0.15) is 73.4 Å². The molecule has 2 aliphatic rings. The number of aliphatic hydroxyl groups is 1. The van der Waals surface area contributed by atoms with Gasteiger partial charge in [-0.3, -0.25) is 9.10 Å². The fourth-order valence-corrected chi connectivity index (χ4v) is 8.38. The van der Waals surface area contributed by atoms with Gasteiger partial charge in [0.05, 0.1) is 30.7 Å². The van der Waals surface area contributed by atoms with Gasteiger partial charge >= 0.3 is 0 Å². The van der Waals surface area contributed by atoms with E-state index in [9.17, 15) is 18.3 Å². The Morgan fingerprint density at radius 1 is 0.978 bits per heavy atom. The molecule has 0 radical (unpaired) electrons. The van der Waals surface area contributed by atoms with Crippen molar-refractivity contribution in [3.05, 3.63) is 89.5 Å². The summed E-state index contributed by atoms with van der Waals surface area (Å²) in [6, 6.07) is 22.5. The maximum atomic E-state index is 13.9. The van der Waals surface area contributed by atoms with Crippen LogP contribution in [-0.4, -0.2) is 64.1 Å². The average molecular weight is 649 g/mol. The summed E-state index contributed by atoms with van der Waals surface area (Å²) in [4.78, 5) is 13.9. The summed E-state index contributed by atoms with van der Waals surface area (Å²) in [7, 11) is -1.79. The van der Waals surface area contributed by atoms with E-state index in [1.165, 1.54) is 10.7 Å². The first-order valence-electron chi connectivity index (χ1n) is 16.5. The lowest BCUT2D eigenvalue weighted by atomic mass is 9.76. The molecule has 1 saturated heterocycles. The van der Waals surface area contributed by atoms with Crippen molar-refractivity contribution in [2.75, 3.05) is 42.1 Å². The standard InChI is InChI=1S/C36H48N4O5S/c1-3-37-30-22-28(23-31(25-30)40-19-10-11-20-46(40,43)44)35(42)39-33(21-27-13-6-4-7-14-27)34(41)26-38-36(17-8-5-9-18-36)29-15-12-16-32(24-29)45-2/h4,6-7,12-16,22-25,33-34,37-38,41H,3,5,8-11,17-21,26H2,1-2H3,(H,39,42)/t33-,34+/m0/s1. The van der Waals surface area contributed by atoms with Crippen molar-refractivity contribution in [2.24, 2.45) is 0 Å². The van der Waals surface area contributed by atoms with E-state index >= 15 is 0 Å². The predicted molar refractivity (Wildman–Crippen MR) is 184 cm³/mol. The van der Waals surface area contributed by atoms with Gasteiger partial charge in [0.1, 0.15) is 5.75 Å². The summed E-state index contributed by atoms with van der Waals surface area (Å²) >= 11 is 0. The van der Waals surface area contributed by atoms with Crippen molar-refractivity contribution in [3.8, 4) is 5.75 Å². The molecule has 0 spiro atoms. The summed E-state index contributed by atoms with van der Waals surface area (Å²) in [6.07, 6.45) is 6.17. The molecule has 1 aliphatic carbocycles. The molecule has 5 rings (SSSR count). The minimum atomic E-state index is -3.46. The summed E-state index contributed by atoms with van der Waals surface area (Å²) < 4.78 is 32.8. The molecule has 3 aromatic carbocycles. The van der Waals surface area contributed by atoms with Gasteiger partial charge < -0.3 is 25.8 Å². The van der Waals surface area contributed by atoms with Gasteiger partial charge in [-0.25, -0.2) is 8.42 Å². The topological polar surface area (TPSA) is 120 Å². The molecule has 9 nitrogen and oxygen atoms in total. The number of ether oxygens (including phenoxy) is 1. The highest BCUT2D eigenvalue weighted by molar-refractivity contribution is 7.92. The van der Waals surface area contributed by atoms with Gasteiger partial charge in [-0.2, -0.15) is 0 Å². The second-order valence-electron chi connectivity index (χ2n) is 12.5. The molecule has 4 N–H and O–H groups in total. The number of carbonyl (C=O) groups excluding carboxylic acids is 1. The molecule has 2 fully saturated rings. The number of methoxy groups -OCH3 is 1. The smallest absolute Gasteiger partial charge is 0.251 e. The van der Waals surface area contributed by atoms with E-state index < -0.39 is 22.2 Å². The van der Waals surface area contributed by atoms with E-state index in [2.05, 4.69) is 28.1 Å². The lowest BCUT2D eigenvalue weighted by molar-refractivity contribution is 0.0789. The van der Waals surface area contributed by atoms with Crippen molar-refractivity contribution in [2.45, 2.75) is 76.0 Å². The quantitative estimate of drug-likeness (QED) is 0.201. The highest BCUT2D eigenvalue weighted by atomic mass is 32.2. The Hall–Kier alpha value is -3.60. The molecule has 1 saturated carbocycles. The van der Waals surface area contributed by atoms with Crippen molar-refractivity contribution in [1.29, 1.82) is 0 Å². The molecule has 3 aromatic rings. The third-order valence-electron chi connectivity index (χ3n) is 9.26. The number of hydrogen-bond donors (Lipinski definition) is 4. The normalized spacial score (nSPS) is 18.7.